The van der Waals surface area contributed by atoms with E-state index in [0.29, 0.717) is 34.9 Å². The summed E-state index contributed by atoms with van der Waals surface area (Å²) in [5.74, 6) is -0.111. The number of halogens is 2. The molecule has 0 radical (unpaired) electrons. The normalized spacial score (nSPS) is 17.2. The molecular weight excluding hydrogens is 417 g/mol. The fourth-order valence-electron chi connectivity index (χ4n) is 3.94. The second-order valence-electron chi connectivity index (χ2n) is 7.67. The van der Waals surface area contributed by atoms with E-state index in [-0.39, 0.29) is 11.8 Å². The first kappa shape index (κ1) is 21.1. The average molecular weight is 438 g/mol. The Morgan fingerprint density at radius 3 is 2.90 bits per heavy atom. The number of carbonyl (C=O) groups is 1. The topological polar surface area (TPSA) is 66.2 Å². The second-order valence-corrected chi connectivity index (χ2v) is 8.08. The van der Waals surface area contributed by atoms with Crippen LogP contribution in [0.25, 0.3) is 22.0 Å². The van der Waals surface area contributed by atoms with Crippen molar-refractivity contribution in [2.75, 3.05) is 13.1 Å². The molecule has 0 aliphatic carbocycles. The van der Waals surface area contributed by atoms with Gasteiger partial charge in [-0.25, -0.2) is 4.39 Å². The fourth-order valence-corrected chi connectivity index (χ4v) is 4.21. The number of hydrogen-bond acceptors (Lipinski definition) is 4. The van der Waals surface area contributed by atoms with Crippen molar-refractivity contribution < 1.29 is 13.9 Å². The van der Waals surface area contributed by atoms with Crippen molar-refractivity contribution in [2.24, 2.45) is 5.92 Å². The molecule has 31 heavy (non-hydrogen) atoms. The third-order valence-corrected chi connectivity index (χ3v) is 5.82. The SMILES string of the molecule is C[C@@H](Oc1ccc2c(-c3ccc(F)cc3Cl)ccnc2c1)C(=O)N1CCC[C@H](C#N)C1. The number of amides is 1. The highest BCUT2D eigenvalue weighted by atomic mass is 35.5. The summed E-state index contributed by atoms with van der Waals surface area (Å²) in [4.78, 5) is 18.9. The molecule has 1 aromatic heterocycles. The van der Waals surface area contributed by atoms with Gasteiger partial charge in [0.05, 0.1) is 22.5 Å². The van der Waals surface area contributed by atoms with Crippen LogP contribution in [0.15, 0.2) is 48.7 Å². The summed E-state index contributed by atoms with van der Waals surface area (Å²) in [5, 5.41) is 10.3. The lowest BCUT2D eigenvalue weighted by Gasteiger charge is -2.31. The second kappa shape index (κ2) is 8.91. The van der Waals surface area contributed by atoms with E-state index in [1.807, 2.05) is 12.1 Å². The first-order valence-electron chi connectivity index (χ1n) is 10.2. The minimum Gasteiger partial charge on any atom is -0.481 e. The molecule has 1 amide bonds. The van der Waals surface area contributed by atoms with Gasteiger partial charge in [-0.3, -0.25) is 9.78 Å². The van der Waals surface area contributed by atoms with Crippen molar-refractivity contribution in [3.05, 3.63) is 59.5 Å². The number of benzene rings is 2. The van der Waals surface area contributed by atoms with Gasteiger partial charge in [-0.15, -0.1) is 0 Å². The van der Waals surface area contributed by atoms with E-state index in [1.54, 1.807) is 36.2 Å². The molecule has 0 unspecified atom stereocenters. The highest BCUT2D eigenvalue weighted by molar-refractivity contribution is 6.33. The molecule has 2 aromatic carbocycles. The van der Waals surface area contributed by atoms with Gasteiger partial charge in [0.2, 0.25) is 0 Å². The Bertz CT molecular complexity index is 1180. The van der Waals surface area contributed by atoms with Crippen LogP contribution >= 0.6 is 11.6 Å². The number of ether oxygens (including phenoxy) is 1. The number of likely N-dealkylation sites (tertiary alicyclic amines) is 1. The molecule has 0 bridgehead atoms. The van der Waals surface area contributed by atoms with Crippen molar-refractivity contribution >= 4 is 28.4 Å². The lowest BCUT2D eigenvalue weighted by atomic mass is 9.99. The summed E-state index contributed by atoms with van der Waals surface area (Å²) < 4.78 is 19.3. The third kappa shape index (κ3) is 4.47. The number of rotatable bonds is 4. The Morgan fingerprint density at radius 1 is 1.29 bits per heavy atom. The van der Waals surface area contributed by atoms with E-state index in [0.717, 1.165) is 23.8 Å². The monoisotopic (exact) mass is 437 g/mol. The van der Waals surface area contributed by atoms with Crippen molar-refractivity contribution in [3.63, 3.8) is 0 Å². The summed E-state index contributed by atoms with van der Waals surface area (Å²) in [5.41, 5.74) is 2.23. The fraction of sp³-hybridized carbons (Fsp3) is 0.292. The third-order valence-electron chi connectivity index (χ3n) is 5.51. The van der Waals surface area contributed by atoms with Crippen LogP contribution in [-0.2, 0) is 4.79 Å². The standard InChI is InChI=1S/C24H21ClFN3O2/c1-15(24(30)29-10-2-3-16(13-27)14-29)31-18-5-7-21-19(8-9-28-23(21)12-18)20-6-4-17(26)11-22(20)25/h4-9,11-12,15-16H,2-3,10,14H2,1H3/t15-,16-/m1/s1. The van der Waals surface area contributed by atoms with Crippen LogP contribution in [0.2, 0.25) is 5.02 Å². The van der Waals surface area contributed by atoms with Gasteiger partial charge in [-0.05, 0) is 61.7 Å². The summed E-state index contributed by atoms with van der Waals surface area (Å²) in [6, 6.07) is 13.8. The highest BCUT2D eigenvalue weighted by Gasteiger charge is 2.27. The predicted molar refractivity (Wildman–Crippen MR) is 117 cm³/mol. The Balaban J connectivity index is 1.56. The molecule has 1 aliphatic rings. The Kier molecular flexibility index (Phi) is 6.06. The smallest absolute Gasteiger partial charge is 0.263 e. The maximum atomic E-state index is 13.4. The van der Waals surface area contributed by atoms with Gasteiger partial charge in [0.1, 0.15) is 11.6 Å². The Hall–Kier alpha value is -3.17. The molecule has 0 spiro atoms. The summed E-state index contributed by atoms with van der Waals surface area (Å²) >= 11 is 6.25. The lowest BCUT2D eigenvalue weighted by Crippen LogP contribution is -2.45. The van der Waals surface area contributed by atoms with Crippen molar-refractivity contribution in [3.8, 4) is 22.9 Å². The van der Waals surface area contributed by atoms with Gasteiger partial charge in [0.25, 0.3) is 5.91 Å². The molecule has 7 heteroatoms. The number of nitrogens with zero attached hydrogens (tertiary/aromatic N) is 3. The lowest BCUT2D eigenvalue weighted by molar-refractivity contribution is -0.139. The summed E-state index contributed by atoms with van der Waals surface area (Å²) in [7, 11) is 0. The number of piperidine rings is 1. The number of aromatic nitrogens is 1. The summed E-state index contributed by atoms with van der Waals surface area (Å²) in [6.45, 7) is 2.81. The quantitative estimate of drug-likeness (QED) is 0.561. The van der Waals surface area contributed by atoms with Crippen molar-refractivity contribution in [2.45, 2.75) is 25.9 Å². The highest BCUT2D eigenvalue weighted by Crippen LogP contribution is 2.34. The first-order valence-corrected chi connectivity index (χ1v) is 10.5. The molecule has 3 aromatic rings. The van der Waals surface area contributed by atoms with Gasteiger partial charge in [-0.1, -0.05) is 11.6 Å². The van der Waals surface area contributed by atoms with E-state index in [2.05, 4.69) is 11.1 Å². The van der Waals surface area contributed by atoms with E-state index in [4.69, 9.17) is 21.6 Å². The van der Waals surface area contributed by atoms with Gasteiger partial charge < -0.3 is 9.64 Å². The molecule has 1 saturated heterocycles. The minimum absolute atomic E-state index is 0.119. The molecule has 0 N–H and O–H groups in total. The van der Waals surface area contributed by atoms with Crippen LogP contribution in [0.3, 0.4) is 0 Å². The van der Waals surface area contributed by atoms with Crippen LogP contribution < -0.4 is 4.74 Å². The zero-order valence-electron chi connectivity index (χ0n) is 17.0. The molecule has 5 nitrogen and oxygen atoms in total. The van der Waals surface area contributed by atoms with Crippen LogP contribution in [0, 0.1) is 23.1 Å². The van der Waals surface area contributed by atoms with Crippen LogP contribution in [0.1, 0.15) is 19.8 Å². The largest absolute Gasteiger partial charge is 0.481 e. The maximum absolute atomic E-state index is 13.4. The average Bonchev–Trinajstić information content (AvgIpc) is 2.78. The number of fused-ring (bicyclic) bond motifs is 1. The first-order chi connectivity index (χ1) is 15.0. The molecule has 4 rings (SSSR count). The van der Waals surface area contributed by atoms with Crippen molar-refractivity contribution in [1.29, 1.82) is 5.26 Å². The molecule has 0 saturated carbocycles. The van der Waals surface area contributed by atoms with Gasteiger partial charge in [-0.2, -0.15) is 5.26 Å². The number of carbonyl (C=O) groups excluding carboxylic acids is 1. The number of hydrogen-bond donors (Lipinski definition) is 0. The molecule has 1 fully saturated rings. The van der Waals surface area contributed by atoms with Crippen LogP contribution in [-0.4, -0.2) is 35.0 Å². The summed E-state index contributed by atoms with van der Waals surface area (Å²) in [6.07, 6.45) is 2.63. The Morgan fingerprint density at radius 2 is 2.13 bits per heavy atom. The van der Waals surface area contributed by atoms with Gasteiger partial charge in [0, 0.05) is 36.3 Å². The van der Waals surface area contributed by atoms with E-state index in [1.165, 1.54) is 12.1 Å². The molecule has 158 valence electrons. The molecule has 1 aliphatic heterocycles. The molecule has 2 atom stereocenters. The van der Waals surface area contributed by atoms with Gasteiger partial charge in [0.15, 0.2) is 6.10 Å². The van der Waals surface area contributed by atoms with Crippen molar-refractivity contribution in [1.82, 2.24) is 9.88 Å². The van der Waals surface area contributed by atoms with Crippen LogP contribution in [0.5, 0.6) is 5.75 Å². The predicted octanol–water partition coefficient (Wildman–Crippen LogP) is 5.22. The van der Waals surface area contributed by atoms with Gasteiger partial charge >= 0.3 is 0 Å². The van der Waals surface area contributed by atoms with Crippen LogP contribution in [0.4, 0.5) is 4.39 Å². The minimum atomic E-state index is -0.676. The zero-order chi connectivity index (χ0) is 22.0. The maximum Gasteiger partial charge on any atom is 0.263 e. The van der Waals surface area contributed by atoms with E-state index >= 15 is 0 Å². The Labute approximate surface area is 185 Å². The van der Waals surface area contributed by atoms with E-state index in [9.17, 15) is 9.18 Å². The number of nitriles is 1. The number of pyridine rings is 1. The zero-order valence-corrected chi connectivity index (χ0v) is 17.8. The van der Waals surface area contributed by atoms with E-state index < -0.39 is 11.9 Å². The molecular formula is C24H21ClFN3O2. The molecule has 2 heterocycles.